The van der Waals surface area contributed by atoms with Crippen LogP contribution in [0.4, 0.5) is 0 Å². The van der Waals surface area contributed by atoms with Gasteiger partial charge in [-0.2, -0.15) is 0 Å². The van der Waals surface area contributed by atoms with E-state index in [1.54, 1.807) is 6.08 Å². The Hall–Kier alpha value is -2.98. The van der Waals surface area contributed by atoms with Gasteiger partial charge in [0.05, 0.1) is 24.7 Å². The zero-order valence-corrected chi connectivity index (χ0v) is 19.3. The van der Waals surface area contributed by atoms with Crippen molar-refractivity contribution < 1.29 is 48.3 Å². The summed E-state index contributed by atoms with van der Waals surface area (Å²) in [5.41, 5.74) is -1.68. The zero-order chi connectivity index (χ0) is 25.1. The van der Waals surface area contributed by atoms with E-state index in [0.717, 1.165) is 26.5 Å². The van der Waals surface area contributed by atoms with Crippen molar-refractivity contribution in [3.05, 3.63) is 35.5 Å². The minimum Gasteiger partial charge on any atom is -0.466 e. The number of aliphatic hydroxyl groups is 2. The third kappa shape index (κ3) is 5.69. The average molecular weight is 466 g/mol. The van der Waals surface area contributed by atoms with Gasteiger partial charge in [0, 0.05) is 12.5 Å². The van der Waals surface area contributed by atoms with Gasteiger partial charge in [0.1, 0.15) is 6.10 Å². The Balaban J connectivity index is 2.72. The molecule has 10 heteroatoms. The Morgan fingerprint density at radius 2 is 1.94 bits per heavy atom. The Morgan fingerprint density at radius 1 is 1.30 bits per heavy atom. The molecule has 10 nitrogen and oxygen atoms in total. The number of ether oxygens (including phenoxy) is 4. The first-order valence-electron chi connectivity index (χ1n) is 10.4. The molecule has 1 fully saturated rings. The molecule has 0 radical (unpaired) electrons. The van der Waals surface area contributed by atoms with Crippen molar-refractivity contribution in [2.75, 3.05) is 7.11 Å². The summed E-state index contributed by atoms with van der Waals surface area (Å²) in [5.74, 6) is -4.69. The minimum absolute atomic E-state index is 0.0690. The van der Waals surface area contributed by atoms with Crippen LogP contribution in [0.15, 0.2) is 35.5 Å². The van der Waals surface area contributed by atoms with Crippen LogP contribution in [0.1, 0.15) is 40.5 Å². The van der Waals surface area contributed by atoms with E-state index in [1.165, 1.54) is 13.0 Å². The SMILES string of the molecule is C=C1C(=O)O[C@H]2/C=C(/C)CC/C=C(\C(=O)OC)[C@H](OC(C)=O)[C@@H](OC(=O)[C@@](C)(O)[C@@H](C)O)[C@@H]12. The maximum atomic E-state index is 12.9. The highest BCUT2D eigenvalue weighted by Gasteiger charge is 2.52. The lowest BCUT2D eigenvalue weighted by molar-refractivity contribution is -0.191. The van der Waals surface area contributed by atoms with Crippen LogP contribution < -0.4 is 0 Å². The van der Waals surface area contributed by atoms with E-state index in [9.17, 15) is 29.4 Å². The number of esters is 4. The van der Waals surface area contributed by atoms with Crippen molar-refractivity contribution in [1.82, 2.24) is 0 Å². The molecule has 0 bridgehead atoms. The van der Waals surface area contributed by atoms with E-state index in [2.05, 4.69) is 6.58 Å². The quantitative estimate of drug-likeness (QED) is 0.259. The van der Waals surface area contributed by atoms with Crippen LogP contribution in [0.3, 0.4) is 0 Å². The van der Waals surface area contributed by atoms with Crippen molar-refractivity contribution in [3.63, 3.8) is 0 Å². The highest BCUT2D eigenvalue weighted by Crippen LogP contribution is 2.38. The molecule has 1 heterocycles. The summed E-state index contributed by atoms with van der Waals surface area (Å²) >= 11 is 0. The van der Waals surface area contributed by atoms with Crippen LogP contribution >= 0.6 is 0 Å². The molecular formula is C23H30O10. The summed E-state index contributed by atoms with van der Waals surface area (Å²) in [5, 5.41) is 20.3. The third-order valence-electron chi connectivity index (χ3n) is 5.76. The number of rotatable bonds is 5. The van der Waals surface area contributed by atoms with Gasteiger partial charge in [-0.3, -0.25) is 4.79 Å². The second kappa shape index (κ2) is 10.3. The molecule has 1 saturated heterocycles. The first-order chi connectivity index (χ1) is 15.3. The number of allylic oxidation sites excluding steroid dienone is 2. The molecule has 182 valence electrons. The normalized spacial score (nSPS) is 31.4. The fraction of sp³-hybridized carbons (Fsp3) is 0.565. The van der Waals surface area contributed by atoms with Gasteiger partial charge in [-0.05, 0) is 39.7 Å². The predicted molar refractivity (Wildman–Crippen MR) is 113 cm³/mol. The number of carbonyl (C=O) groups is 4. The Morgan fingerprint density at radius 3 is 2.48 bits per heavy atom. The van der Waals surface area contributed by atoms with Crippen molar-refractivity contribution in [3.8, 4) is 0 Å². The molecule has 0 saturated carbocycles. The van der Waals surface area contributed by atoms with Gasteiger partial charge in [-0.15, -0.1) is 0 Å². The molecule has 2 N–H and O–H groups in total. The molecule has 0 aromatic rings. The van der Waals surface area contributed by atoms with Crippen LogP contribution in [0.2, 0.25) is 0 Å². The minimum atomic E-state index is -2.34. The molecule has 6 atom stereocenters. The number of aliphatic hydroxyl groups excluding tert-OH is 1. The number of carbonyl (C=O) groups excluding carboxylic acids is 4. The molecular weight excluding hydrogens is 436 g/mol. The molecule has 2 aliphatic rings. The van der Waals surface area contributed by atoms with Gasteiger partial charge in [0.25, 0.3) is 0 Å². The van der Waals surface area contributed by atoms with Crippen LogP contribution in [-0.2, 0) is 38.1 Å². The van der Waals surface area contributed by atoms with E-state index in [-0.39, 0.29) is 11.1 Å². The fourth-order valence-corrected chi connectivity index (χ4v) is 3.61. The van der Waals surface area contributed by atoms with Crippen molar-refractivity contribution in [1.29, 1.82) is 0 Å². The van der Waals surface area contributed by atoms with Crippen molar-refractivity contribution >= 4 is 23.9 Å². The van der Waals surface area contributed by atoms with Gasteiger partial charge < -0.3 is 29.2 Å². The van der Waals surface area contributed by atoms with Gasteiger partial charge in [0.2, 0.25) is 0 Å². The number of hydrogen-bond acceptors (Lipinski definition) is 10. The summed E-state index contributed by atoms with van der Waals surface area (Å²) in [4.78, 5) is 49.9. The lowest BCUT2D eigenvalue weighted by Gasteiger charge is -2.35. The third-order valence-corrected chi connectivity index (χ3v) is 5.76. The average Bonchev–Trinajstić information content (AvgIpc) is 2.99. The molecule has 1 aliphatic carbocycles. The molecule has 0 aromatic heterocycles. The first-order valence-corrected chi connectivity index (χ1v) is 10.4. The largest absolute Gasteiger partial charge is 0.466 e. The lowest BCUT2D eigenvalue weighted by Crippen LogP contribution is -2.52. The molecule has 0 unspecified atom stereocenters. The van der Waals surface area contributed by atoms with E-state index in [1.807, 2.05) is 6.92 Å². The van der Waals surface area contributed by atoms with Crippen LogP contribution in [0.5, 0.6) is 0 Å². The maximum Gasteiger partial charge on any atom is 0.341 e. The van der Waals surface area contributed by atoms with Crippen LogP contribution in [0.25, 0.3) is 0 Å². The predicted octanol–water partition coefficient (Wildman–Crippen LogP) is 0.899. The molecule has 2 rings (SSSR count). The molecule has 33 heavy (non-hydrogen) atoms. The fourth-order valence-electron chi connectivity index (χ4n) is 3.61. The molecule has 0 amide bonds. The first kappa shape index (κ1) is 26.3. The highest BCUT2D eigenvalue weighted by molar-refractivity contribution is 5.93. The summed E-state index contributed by atoms with van der Waals surface area (Å²) < 4.78 is 21.2. The lowest BCUT2D eigenvalue weighted by atomic mass is 9.83. The standard InChI is InChI=1S/C23H30O10/c1-11-8-7-9-15(21(27)30-6)18(31-14(4)25)19(33-22(28)23(5,29)13(3)24)17-12(2)20(26)32-16(17)10-11/h9-10,13,16-19,24,29H,2,7-8H2,1,3-6H3/b11-10-,15-9-/t13-,16+,17+,18+,19+,23+/m1/s1. The van der Waals surface area contributed by atoms with E-state index < -0.39 is 59.8 Å². The monoisotopic (exact) mass is 466 g/mol. The van der Waals surface area contributed by atoms with E-state index >= 15 is 0 Å². The van der Waals surface area contributed by atoms with Crippen LogP contribution in [0, 0.1) is 5.92 Å². The summed E-state index contributed by atoms with van der Waals surface area (Å²) in [6.07, 6.45) is -1.44. The maximum absolute atomic E-state index is 12.9. The van der Waals surface area contributed by atoms with Gasteiger partial charge >= 0.3 is 23.9 Å². The smallest absolute Gasteiger partial charge is 0.341 e. The Labute approximate surface area is 191 Å². The van der Waals surface area contributed by atoms with Crippen molar-refractivity contribution in [2.45, 2.75) is 70.6 Å². The van der Waals surface area contributed by atoms with Crippen molar-refractivity contribution in [2.24, 2.45) is 5.92 Å². The van der Waals surface area contributed by atoms with E-state index in [0.29, 0.717) is 12.8 Å². The molecule has 1 aliphatic heterocycles. The summed E-state index contributed by atoms with van der Waals surface area (Å²) in [6, 6.07) is 0. The topological polar surface area (TPSA) is 146 Å². The molecule has 0 aromatic carbocycles. The summed E-state index contributed by atoms with van der Waals surface area (Å²) in [6.45, 7) is 8.89. The zero-order valence-electron chi connectivity index (χ0n) is 19.3. The number of methoxy groups -OCH3 is 1. The second-order valence-corrected chi connectivity index (χ2v) is 8.35. The summed E-state index contributed by atoms with van der Waals surface area (Å²) in [7, 11) is 1.14. The van der Waals surface area contributed by atoms with Gasteiger partial charge in [-0.25, -0.2) is 14.4 Å². The van der Waals surface area contributed by atoms with Gasteiger partial charge in [0.15, 0.2) is 17.8 Å². The Kier molecular flexibility index (Phi) is 8.20. The second-order valence-electron chi connectivity index (χ2n) is 8.35. The highest BCUT2D eigenvalue weighted by atomic mass is 16.6. The van der Waals surface area contributed by atoms with Crippen LogP contribution in [-0.4, -0.2) is 71.2 Å². The molecule has 0 spiro atoms. The van der Waals surface area contributed by atoms with Gasteiger partial charge in [-0.1, -0.05) is 18.2 Å². The Bertz CT molecular complexity index is 895. The number of hydrogen-bond donors (Lipinski definition) is 2. The number of fused-ring (bicyclic) bond motifs is 1. The van der Waals surface area contributed by atoms with E-state index in [4.69, 9.17) is 18.9 Å².